The molecular formula is C31H29N5O3S2. The summed E-state index contributed by atoms with van der Waals surface area (Å²) in [6.07, 6.45) is 3.40. The van der Waals surface area contributed by atoms with E-state index in [0.717, 1.165) is 35.7 Å². The molecule has 2 aliphatic rings. The SMILES string of the molecule is COc1ccc(N2CCN(c3nc4c(C)cccn4c(=O)c3/C=C3/SC(=S)N(Cc4ccccc4)C3=O)CC2)cc1. The van der Waals surface area contributed by atoms with Gasteiger partial charge in [-0.25, -0.2) is 4.98 Å². The van der Waals surface area contributed by atoms with Gasteiger partial charge in [0.1, 0.15) is 21.5 Å². The Balaban J connectivity index is 1.34. The molecule has 208 valence electrons. The van der Waals surface area contributed by atoms with Gasteiger partial charge in [-0.2, -0.15) is 0 Å². The third kappa shape index (κ3) is 5.32. The number of anilines is 2. The monoisotopic (exact) mass is 583 g/mol. The van der Waals surface area contributed by atoms with Crippen LogP contribution < -0.4 is 20.1 Å². The lowest BCUT2D eigenvalue weighted by Gasteiger charge is -2.37. The average Bonchev–Trinajstić information content (AvgIpc) is 3.26. The van der Waals surface area contributed by atoms with E-state index in [1.807, 2.05) is 61.5 Å². The minimum atomic E-state index is -0.209. The fraction of sp³-hybridized carbons (Fsp3) is 0.226. The van der Waals surface area contributed by atoms with Crippen LogP contribution in [0.1, 0.15) is 16.7 Å². The molecule has 0 N–H and O–H groups in total. The number of hydrogen-bond donors (Lipinski definition) is 0. The quantitative estimate of drug-likeness (QED) is 0.238. The number of ether oxygens (including phenoxy) is 1. The lowest BCUT2D eigenvalue weighted by Crippen LogP contribution is -2.47. The molecule has 4 heterocycles. The smallest absolute Gasteiger partial charge is 0.267 e. The van der Waals surface area contributed by atoms with Crippen LogP contribution in [0.15, 0.2) is 82.6 Å². The zero-order valence-corrected chi connectivity index (χ0v) is 24.5. The van der Waals surface area contributed by atoms with Crippen LogP contribution in [0.4, 0.5) is 11.5 Å². The Bertz CT molecular complexity index is 1710. The number of piperazine rings is 1. The van der Waals surface area contributed by atoms with Crippen molar-refractivity contribution in [3.63, 3.8) is 0 Å². The Morgan fingerprint density at radius 2 is 1.66 bits per heavy atom. The molecule has 0 aliphatic carbocycles. The first-order chi connectivity index (χ1) is 19.9. The van der Waals surface area contributed by atoms with Crippen molar-refractivity contribution in [2.75, 3.05) is 43.1 Å². The van der Waals surface area contributed by atoms with Crippen molar-refractivity contribution < 1.29 is 9.53 Å². The van der Waals surface area contributed by atoms with Crippen LogP contribution in [0.5, 0.6) is 5.75 Å². The minimum Gasteiger partial charge on any atom is -0.497 e. The van der Waals surface area contributed by atoms with E-state index in [2.05, 4.69) is 21.9 Å². The van der Waals surface area contributed by atoms with Crippen molar-refractivity contribution in [3.8, 4) is 5.75 Å². The summed E-state index contributed by atoms with van der Waals surface area (Å²) in [5.41, 5.74) is 3.81. The van der Waals surface area contributed by atoms with E-state index in [9.17, 15) is 9.59 Å². The zero-order chi connectivity index (χ0) is 28.5. The molecule has 1 amide bonds. The standard InChI is InChI=1S/C31H29N5O3S2/c1-21-7-6-14-35-27(21)32-28(34-17-15-33(16-18-34)23-10-12-24(39-2)13-11-23)25(29(35)37)19-26-30(38)36(31(40)41-26)20-22-8-4-3-5-9-22/h3-14,19H,15-18,20H2,1-2H3/b26-19+. The summed E-state index contributed by atoms with van der Waals surface area (Å²) in [6.45, 7) is 5.21. The molecule has 6 rings (SSSR count). The molecule has 8 nitrogen and oxygen atoms in total. The molecule has 0 saturated carbocycles. The van der Waals surface area contributed by atoms with Gasteiger partial charge in [0.05, 0.1) is 24.1 Å². The lowest BCUT2D eigenvalue weighted by atomic mass is 10.2. The number of nitrogens with zero attached hydrogens (tertiary/aromatic N) is 5. The van der Waals surface area contributed by atoms with Crippen molar-refractivity contribution in [1.82, 2.24) is 14.3 Å². The van der Waals surface area contributed by atoms with Crippen molar-refractivity contribution in [3.05, 3.63) is 105 Å². The van der Waals surface area contributed by atoms with E-state index >= 15 is 0 Å². The highest BCUT2D eigenvalue weighted by Gasteiger charge is 2.33. The average molecular weight is 584 g/mol. The Morgan fingerprint density at radius 1 is 0.951 bits per heavy atom. The maximum atomic E-state index is 13.9. The van der Waals surface area contributed by atoms with Gasteiger partial charge in [0, 0.05) is 38.1 Å². The molecule has 2 aromatic heterocycles. The molecule has 4 aromatic rings. The van der Waals surface area contributed by atoms with Crippen LogP contribution in [-0.2, 0) is 11.3 Å². The zero-order valence-electron chi connectivity index (χ0n) is 22.8. The molecule has 0 spiro atoms. The molecule has 2 aliphatic heterocycles. The number of aromatic nitrogens is 2. The van der Waals surface area contributed by atoms with Gasteiger partial charge in [-0.3, -0.25) is 18.9 Å². The fourth-order valence-electron chi connectivity index (χ4n) is 5.17. The predicted molar refractivity (Wildman–Crippen MR) is 169 cm³/mol. The predicted octanol–water partition coefficient (Wildman–Crippen LogP) is 4.74. The van der Waals surface area contributed by atoms with Gasteiger partial charge >= 0.3 is 0 Å². The van der Waals surface area contributed by atoms with Crippen LogP contribution >= 0.6 is 24.0 Å². The third-order valence-corrected chi connectivity index (χ3v) is 8.79. The number of methoxy groups -OCH3 is 1. The Hall–Kier alpha value is -4.15. The summed E-state index contributed by atoms with van der Waals surface area (Å²) in [7, 11) is 1.66. The van der Waals surface area contributed by atoms with E-state index in [1.165, 1.54) is 11.8 Å². The summed E-state index contributed by atoms with van der Waals surface area (Å²) in [5, 5.41) is 0. The minimum absolute atomic E-state index is 0.201. The summed E-state index contributed by atoms with van der Waals surface area (Å²) in [5.74, 6) is 1.21. The second-order valence-corrected chi connectivity index (χ2v) is 11.6. The number of pyridine rings is 1. The van der Waals surface area contributed by atoms with Crippen LogP contribution in [0.25, 0.3) is 11.7 Å². The largest absolute Gasteiger partial charge is 0.497 e. The Labute approximate surface area is 247 Å². The van der Waals surface area contributed by atoms with E-state index < -0.39 is 0 Å². The second-order valence-electron chi connectivity index (χ2n) is 9.96. The fourth-order valence-corrected chi connectivity index (χ4v) is 6.41. The van der Waals surface area contributed by atoms with Crippen molar-refractivity contribution in [1.29, 1.82) is 0 Å². The maximum absolute atomic E-state index is 13.9. The number of rotatable bonds is 6. The van der Waals surface area contributed by atoms with Gasteiger partial charge in [-0.05, 0) is 54.5 Å². The summed E-state index contributed by atoms with van der Waals surface area (Å²) in [4.78, 5) is 38.8. The molecule has 41 heavy (non-hydrogen) atoms. The molecule has 0 unspecified atom stereocenters. The number of amides is 1. The Kier molecular flexibility index (Phi) is 7.51. The molecule has 0 radical (unpaired) electrons. The first-order valence-electron chi connectivity index (χ1n) is 13.4. The molecule has 2 fully saturated rings. The summed E-state index contributed by atoms with van der Waals surface area (Å²) < 4.78 is 7.33. The summed E-state index contributed by atoms with van der Waals surface area (Å²) in [6, 6.07) is 21.6. The molecule has 0 atom stereocenters. The van der Waals surface area contributed by atoms with Gasteiger partial charge in [0.25, 0.3) is 11.5 Å². The number of fused-ring (bicyclic) bond motifs is 1. The molecular weight excluding hydrogens is 555 g/mol. The van der Waals surface area contributed by atoms with Gasteiger partial charge in [-0.15, -0.1) is 0 Å². The Morgan fingerprint density at radius 3 is 2.37 bits per heavy atom. The number of carbonyl (C=O) groups is 1. The number of carbonyl (C=O) groups excluding carboxylic acids is 1. The molecule has 2 aromatic carbocycles. The van der Waals surface area contributed by atoms with Gasteiger partial charge in [0.2, 0.25) is 0 Å². The van der Waals surface area contributed by atoms with Crippen molar-refractivity contribution >= 4 is 57.4 Å². The second kappa shape index (κ2) is 11.4. The number of thiocarbonyl (C=S) groups is 1. The van der Waals surface area contributed by atoms with E-state index in [4.69, 9.17) is 21.9 Å². The van der Waals surface area contributed by atoms with E-state index in [0.29, 0.717) is 45.9 Å². The van der Waals surface area contributed by atoms with Crippen molar-refractivity contribution in [2.45, 2.75) is 13.5 Å². The van der Waals surface area contributed by atoms with Gasteiger partial charge < -0.3 is 14.5 Å². The van der Waals surface area contributed by atoms with Crippen LogP contribution in [-0.4, -0.2) is 57.8 Å². The highest BCUT2D eigenvalue weighted by molar-refractivity contribution is 8.26. The van der Waals surface area contributed by atoms with Gasteiger partial charge in [-0.1, -0.05) is 60.4 Å². The topological polar surface area (TPSA) is 70.4 Å². The molecule has 0 bridgehead atoms. The lowest BCUT2D eigenvalue weighted by molar-refractivity contribution is -0.122. The van der Waals surface area contributed by atoms with Crippen molar-refractivity contribution in [2.24, 2.45) is 0 Å². The number of aryl methyl sites for hydroxylation is 1. The number of hydrogen-bond acceptors (Lipinski definition) is 8. The van der Waals surface area contributed by atoms with Crippen LogP contribution in [0.2, 0.25) is 0 Å². The van der Waals surface area contributed by atoms with Gasteiger partial charge in [0.15, 0.2) is 0 Å². The first kappa shape index (κ1) is 27.0. The van der Waals surface area contributed by atoms with E-state index in [-0.39, 0.29) is 11.5 Å². The first-order valence-corrected chi connectivity index (χ1v) is 14.6. The van der Waals surface area contributed by atoms with Crippen LogP contribution in [0, 0.1) is 6.92 Å². The summed E-state index contributed by atoms with van der Waals surface area (Å²) >= 11 is 6.80. The van der Waals surface area contributed by atoms with E-state index in [1.54, 1.807) is 28.7 Å². The van der Waals surface area contributed by atoms with Crippen LogP contribution in [0.3, 0.4) is 0 Å². The normalized spacial score (nSPS) is 16.7. The third-order valence-electron chi connectivity index (χ3n) is 7.41. The number of benzene rings is 2. The highest BCUT2D eigenvalue weighted by atomic mass is 32.2. The molecule has 10 heteroatoms. The molecule has 2 saturated heterocycles. The number of thioether (sulfide) groups is 1. The highest BCUT2D eigenvalue weighted by Crippen LogP contribution is 2.35. The maximum Gasteiger partial charge on any atom is 0.267 e.